The van der Waals surface area contributed by atoms with Crippen LogP contribution in [0.5, 0.6) is 0 Å². The Bertz CT molecular complexity index is 364. The Hall–Kier alpha value is -0.900. The van der Waals surface area contributed by atoms with Crippen molar-refractivity contribution in [2.24, 2.45) is 0 Å². The summed E-state index contributed by atoms with van der Waals surface area (Å²) < 4.78 is 10.4. The van der Waals surface area contributed by atoms with Crippen molar-refractivity contribution in [3.8, 4) is 0 Å². The fourth-order valence-corrected chi connectivity index (χ4v) is 2.25. The van der Waals surface area contributed by atoms with Crippen LogP contribution in [-0.2, 0) is 16.0 Å². The Balaban J connectivity index is 1.58. The molecule has 3 heteroatoms. The van der Waals surface area contributed by atoms with Gasteiger partial charge in [0.1, 0.15) is 0 Å². The second kappa shape index (κ2) is 8.31. The van der Waals surface area contributed by atoms with Gasteiger partial charge in [-0.1, -0.05) is 24.3 Å². The molecule has 0 atom stereocenters. The second-order valence-electron chi connectivity index (χ2n) is 5.11. The molecule has 0 saturated heterocycles. The van der Waals surface area contributed by atoms with E-state index in [0.717, 1.165) is 32.0 Å². The largest absolute Gasteiger partial charge is 0.382 e. The molecule has 0 aromatic heterocycles. The van der Waals surface area contributed by atoms with Crippen molar-refractivity contribution in [3.63, 3.8) is 0 Å². The van der Waals surface area contributed by atoms with Crippen molar-refractivity contribution in [1.82, 2.24) is 5.32 Å². The van der Waals surface area contributed by atoms with E-state index in [2.05, 4.69) is 29.6 Å². The first-order chi connectivity index (χ1) is 9.42. The maximum absolute atomic E-state index is 5.43. The van der Waals surface area contributed by atoms with Crippen LogP contribution in [0, 0.1) is 0 Å². The zero-order chi connectivity index (χ0) is 13.3. The summed E-state index contributed by atoms with van der Waals surface area (Å²) in [5.74, 6) is 0.829. The molecule has 1 aromatic carbocycles. The van der Waals surface area contributed by atoms with Gasteiger partial charge in [0.2, 0.25) is 0 Å². The lowest BCUT2D eigenvalue weighted by atomic mass is 10.0. The minimum Gasteiger partial charge on any atom is -0.382 e. The molecule has 0 heterocycles. The summed E-state index contributed by atoms with van der Waals surface area (Å²) in [5, 5.41) is 3.50. The Morgan fingerprint density at radius 3 is 2.79 bits per heavy atom. The molecule has 1 N–H and O–H groups in total. The predicted octanol–water partition coefficient (Wildman–Crippen LogP) is 2.71. The van der Waals surface area contributed by atoms with E-state index in [9.17, 15) is 0 Å². The number of ether oxygens (including phenoxy) is 2. The van der Waals surface area contributed by atoms with Gasteiger partial charge in [-0.25, -0.2) is 0 Å². The quantitative estimate of drug-likeness (QED) is 0.658. The van der Waals surface area contributed by atoms with Crippen molar-refractivity contribution in [2.45, 2.75) is 31.7 Å². The summed E-state index contributed by atoms with van der Waals surface area (Å²) in [6, 6.07) is 8.82. The Morgan fingerprint density at radius 2 is 2.00 bits per heavy atom. The molecular weight excluding hydrogens is 238 g/mol. The predicted molar refractivity (Wildman–Crippen MR) is 77.4 cm³/mol. The summed E-state index contributed by atoms with van der Waals surface area (Å²) >= 11 is 0. The molecule has 0 unspecified atom stereocenters. The molecule has 2 rings (SSSR count). The number of benzene rings is 1. The van der Waals surface area contributed by atoms with Gasteiger partial charge in [-0.05, 0) is 42.9 Å². The number of hydrogen-bond acceptors (Lipinski definition) is 3. The maximum atomic E-state index is 5.43. The van der Waals surface area contributed by atoms with Crippen LogP contribution >= 0.6 is 0 Å². The topological polar surface area (TPSA) is 30.5 Å². The lowest BCUT2D eigenvalue weighted by molar-refractivity contribution is 0.0695. The van der Waals surface area contributed by atoms with Crippen LogP contribution in [0.1, 0.15) is 36.3 Å². The van der Waals surface area contributed by atoms with Crippen molar-refractivity contribution >= 4 is 0 Å². The van der Waals surface area contributed by atoms with E-state index in [1.165, 1.54) is 18.4 Å². The SMILES string of the molecule is COCCOCCCNCc1ccccc1C1CC1. The van der Waals surface area contributed by atoms with Gasteiger partial charge < -0.3 is 14.8 Å². The zero-order valence-electron chi connectivity index (χ0n) is 11.9. The van der Waals surface area contributed by atoms with Crippen LogP contribution in [-0.4, -0.2) is 33.5 Å². The van der Waals surface area contributed by atoms with E-state index in [1.54, 1.807) is 12.7 Å². The first-order valence-electron chi connectivity index (χ1n) is 7.27. The third-order valence-electron chi connectivity index (χ3n) is 3.46. The van der Waals surface area contributed by atoms with Crippen molar-refractivity contribution in [2.75, 3.05) is 33.5 Å². The van der Waals surface area contributed by atoms with Crippen molar-refractivity contribution < 1.29 is 9.47 Å². The molecule has 0 bridgehead atoms. The minimum atomic E-state index is 0.683. The number of nitrogens with one attached hydrogen (secondary N) is 1. The summed E-state index contributed by atoms with van der Waals surface area (Å²) in [6.07, 6.45) is 3.78. The highest BCUT2D eigenvalue weighted by Crippen LogP contribution is 2.41. The van der Waals surface area contributed by atoms with Crippen LogP contribution in [0.2, 0.25) is 0 Å². The van der Waals surface area contributed by atoms with Crippen molar-refractivity contribution in [3.05, 3.63) is 35.4 Å². The molecule has 0 amide bonds. The smallest absolute Gasteiger partial charge is 0.0700 e. The van der Waals surface area contributed by atoms with E-state index in [0.29, 0.717) is 13.2 Å². The molecule has 1 saturated carbocycles. The highest BCUT2D eigenvalue weighted by molar-refractivity contribution is 5.33. The molecule has 1 aromatic rings. The van der Waals surface area contributed by atoms with Gasteiger partial charge in [0, 0.05) is 20.3 Å². The molecule has 0 aliphatic heterocycles. The van der Waals surface area contributed by atoms with Gasteiger partial charge in [0.15, 0.2) is 0 Å². The fourth-order valence-electron chi connectivity index (χ4n) is 2.25. The molecule has 1 fully saturated rings. The van der Waals surface area contributed by atoms with Gasteiger partial charge in [-0.15, -0.1) is 0 Å². The molecule has 1 aliphatic rings. The number of rotatable bonds is 10. The van der Waals surface area contributed by atoms with Crippen LogP contribution in [0.15, 0.2) is 24.3 Å². The standard InChI is InChI=1S/C16H25NO2/c1-18-11-12-19-10-4-9-17-13-15-5-2-3-6-16(15)14-7-8-14/h2-3,5-6,14,17H,4,7-13H2,1H3. The third-order valence-corrected chi connectivity index (χ3v) is 3.46. The van der Waals surface area contributed by atoms with Gasteiger partial charge in [-0.2, -0.15) is 0 Å². The Kier molecular flexibility index (Phi) is 6.34. The third kappa shape index (κ3) is 5.31. The minimum absolute atomic E-state index is 0.683. The molecule has 0 spiro atoms. The van der Waals surface area contributed by atoms with Gasteiger partial charge in [0.05, 0.1) is 13.2 Å². The molecule has 106 valence electrons. The first-order valence-corrected chi connectivity index (χ1v) is 7.27. The zero-order valence-corrected chi connectivity index (χ0v) is 11.9. The summed E-state index contributed by atoms with van der Waals surface area (Å²) in [7, 11) is 1.70. The molecule has 1 aliphatic carbocycles. The second-order valence-corrected chi connectivity index (χ2v) is 5.11. The highest BCUT2D eigenvalue weighted by atomic mass is 16.5. The molecule has 0 radical (unpaired) electrons. The van der Waals surface area contributed by atoms with Gasteiger partial charge in [0.25, 0.3) is 0 Å². The average molecular weight is 263 g/mol. The van der Waals surface area contributed by atoms with Crippen LogP contribution < -0.4 is 5.32 Å². The Morgan fingerprint density at radius 1 is 1.16 bits per heavy atom. The van der Waals surface area contributed by atoms with E-state index in [1.807, 2.05) is 0 Å². The first kappa shape index (κ1) is 14.5. The fraction of sp³-hybridized carbons (Fsp3) is 0.625. The average Bonchev–Trinajstić information content (AvgIpc) is 3.27. The van der Waals surface area contributed by atoms with Crippen molar-refractivity contribution in [1.29, 1.82) is 0 Å². The van der Waals surface area contributed by atoms with Gasteiger partial charge >= 0.3 is 0 Å². The summed E-state index contributed by atoms with van der Waals surface area (Å²) in [6.45, 7) is 4.17. The normalized spacial score (nSPS) is 14.8. The van der Waals surface area contributed by atoms with E-state index < -0.39 is 0 Å². The lowest BCUT2D eigenvalue weighted by Gasteiger charge is -2.10. The number of methoxy groups -OCH3 is 1. The maximum Gasteiger partial charge on any atom is 0.0700 e. The monoisotopic (exact) mass is 263 g/mol. The lowest BCUT2D eigenvalue weighted by Crippen LogP contribution is -2.17. The summed E-state index contributed by atoms with van der Waals surface area (Å²) in [4.78, 5) is 0. The summed E-state index contributed by atoms with van der Waals surface area (Å²) in [5.41, 5.74) is 3.01. The van der Waals surface area contributed by atoms with Crippen LogP contribution in [0.4, 0.5) is 0 Å². The van der Waals surface area contributed by atoms with E-state index in [-0.39, 0.29) is 0 Å². The van der Waals surface area contributed by atoms with Crippen LogP contribution in [0.3, 0.4) is 0 Å². The Labute approximate surface area is 116 Å². The van der Waals surface area contributed by atoms with E-state index >= 15 is 0 Å². The molecular formula is C16H25NO2. The van der Waals surface area contributed by atoms with E-state index in [4.69, 9.17) is 9.47 Å². The van der Waals surface area contributed by atoms with Gasteiger partial charge in [-0.3, -0.25) is 0 Å². The molecule has 19 heavy (non-hydrogen) atoms. The highest BCUT2D eigenvalue weighted by Gasteiger charge is 2.25. The van der Waals surface area contributed by atoms with Crippen LogP contribution in [0.25, 0.3) is 0 Å². The molecule has 3 nitrogen and oxygen atoms in total. The number of hydrogen-bond donors (Lipinski definition) is 1.